The average molecular weight is 296 g/mol. The Morgan fingerprint density at radius 3 is 1.59 bits per heavy atom. The van der Waals surface area contributed by atoms with Crippen LogP contribution < -0.4 is 0 Å². The van der Waals surface area contributed by atoms with Gasteiger partial charge in [-0.3, -0.25) is 0 Å². The molecule has 22 heavy (non-hydrogen) atoms. The van der Waals surface area contributed by atoms with Crippen molar-refractivity contribution in [1.82, 2.24) is 10.2 Å². The first-order chi connectivity index (χ1) is 10.8. The predicted molar refractivity (Wildman–Crippen MR) is 92.6 cm³/mol. The molecule has 1 heterocycles. The minimum absolute atomic E-state index is 0.547. The predicted octanol–water partition coefficient (Wildman–Crippen LogP) is 5.76. The van der Waals surface area contributed by atoms with Gasteiger partial charge in [0.25, 0.3) is 0 Å². The number of rotatable bonds is 2. The van der Waals surface area contributed by atoms with E-state index in [1.54, 1.807) is 0 Å². The summed E-state index contributed by atoms with van der Waals surface area (Å²) in [7, 11) is 0. The van der Waals surface area contributed by atoms with E-state index in [-0.39, 0.29) is 0 Å². The SMILES string of the molecule is CC.CC.Cc1ccc(-c2nnc(-c3ccccc3)o2)cc1. The molecule has 3 rings (SSSR count). The molecule has 0 spiro atoms. The van der Waals surface area contributed by atoms with Gasteiger partial charge in [0, 0.05) is 11.1 Å². The van der Waals surface area contributed by atoms with Gasteiger partial charge in [0.15, 0.2) is 0 Å². The summed E-state index contributed by atoms with van der Waals surface area (Å²) in [5.41, 5.74) is 3.08. The van der Waals surface area contributed by atoms with Gasteiger partial charge in [-0.25, -0.2) is 0 Å². The summed E-state index contributed by atoms with van der Waals surface area (Å²) in [6.45, 7) is 10.0. The van der Waals surface area contributed by atoms with Crippen LogP contribution in [0.15, 0.2) is 59.0 Å². The monoisotopic (exact) mass is 296 g/mol. The lowest BCUT2D eigenvalue weighted by Crippen LogP contribution is -1.78. The van der Waals surface area contributed by atoms with Gasteiger partial charge in [-0.15, -0.1) is 10.2 Å². The molecule has 2 aromatic carbocycles. The van der Waals surface area contributed by atoms with E-state index in [4.69, 9.17) is 4.42 Å². The quantitative estimate of drug-likeness (QED) is 0.603. The highest BCUT2D eigenvalue weighted by atomic mass is 16.4. The van der Waals surface area contributed by atoms with Gasteiger partial charge in [0.2, 0.25) is 11.8 Å². The van der Waals surface area contributed by atoms with E-state index >= 15 is 0 Å². The minimum atomic E-state index is 0.547. The van der Waals surface area contributed by atoms with Gasteiger partial charge in [-0.1, -0.05) is 63.6 Å². The molecule has 0 aliphatic heterocycles. The zero-order chi connectivity index (χ0) is 16.4. The van der Waals surface area contributed by atoms with Crippen LogP contribution in [0.1, 0.15) is 33.3 Å². The molecule has 0 aliphatic rings. The molecule has 0 radical (unpaired) electrons. The van der Waals surface area contributed by atoms with Crippen LogP contribution in [0, 0.1) is 6.92 Å². The second kappa shape index (κ2) is 9.50. The van der Waals surface area contributed by atoms with E-state index in [0.29, 0.717) is 11.8 Å². The molecule has 0 saturated heterocycles. The van der Waals surface area contributed by atoms with Gasteiger partial charge < -0.3 is 4.42 Å². The van der Waals surface area contributed by atoms with Gasteiger partial charge in [0.1, 0.15) is 0 Å². The Labute approximate surface area is 133 Å². The molecule has 0 bridgehead atoms. The van der Waals surface area contributed by atoms with Crippen LogP contribution in [0.2, 0.25) is 0 Å². The van der Waals surface area contributed by atoms with E-state index in [9.17, 15) is 0 Å². The number of hydrogen-bond donors (Lipinski definition) is 0. The van der Waals surface area contributed by atoms with Crippen molar-refractivity contribution in [3.63, 3.8) is 0 Å². The van der Waals surface area contributed by atoms with Crippen LogP contribution in [0.4, 0.5) is 0 Å². The highest BCUT2D eigenvalue weighted by Crippen LogP contribution is 2.23. The second-order valence-electron chi connectivity index (χ2n) is 4.14. The van der Waals surface area contributed by atoms with E-state index in [2.05, 4.69) is 10.2 Å². The highest BCUT2D eigenvalue weighted by Gasteiger charge is 2.09. The summed E-state index contributed by atoms with van der Waals surface area (Å²) in [5.74, 6) is 1.10. The van der Waals surface area contributed by atoms with Gasteiger partial charge in [-0.05, 0) is 31.2 Å². The van der Waals surface area contributed by atoms with Crippen LogP contribution in [0.25, 0.3) is 22.9 Å². The number of aryl methyl sites for hydroxylation is 1. The van der Waals surface area contributed by atoms with Crippen molar-refractivity contribution in [2.75, 3.05) is 0 Å². The van der Waals surface area contributed by atoms with Crippen molar-refractivity contribution >= 4 is 0 Å². The molecule has 1 aromatic heterocycles. The Balaban J connectivity index is 0.000000561. The molecule has 0 atom stereocenters. The smallest absolute Gasteiger partial charge is 0.248 e. The first-order valence-corrected chi connectivity index (χ1v) is 7.79. The molecule has 3 heteroatoms. The molecule has 0 unspecified atom stereocenters. The van der Waals surface area contributed by atoms with Crippen molar-refractivity contribution in [1.29, 1.82) is 0 Å². The Kier molecular flexibility index (Phi) is 7.62. The summed E-state index contributed by atoms with van der Waals surface area (Å²) < 4.78 is 5.67. The van der Waals surface area contributed by atoms with Crippen LogP contribution in [0.5, 0.6) is 0 Å². The van der Waals surface area contributed by atoms with Crippen LogP contribution in [-0.4, -0.2) is 10.2 Å². The first-order valence-electron chi connectivity index (χ1n) is 7.79. The lowest BCUT2D eigenvalue weighted by Gasteiger charge is -1.95. The Morgan fingerprint density at radius 1 is 0.636 bits per heavy atom. The Bertz CT molecular complexity index is 643. The van der Waals surface area contributed by atoms with Gasteiger partial charge in [-0.2, -0.15) is 0 Å². The molecule has 3 nitrogen and oxygen atoms in total. The first kappa shape index (κ1) is 17.6. The molecule has 116 valence electrons. The van der Waals surface area contributed by atoms with E-state index in [1.807, 2.05) is 89.2 Å². The topological polar surface area (TPSA) is 38.9 Å². The summed E-state index contributed by atoms with van der Waals surface area (Å²) in [6, 6.07) is 17.8. The van der Waals surface area contributed by atoms with E-state index < -0.39 is 0 Å². The fourth-order valence-electron chi connectivity index (χ4n) is 1.73. The maximum Gasteiger partial charge on any atom is 0.248 e. The molecule has 0 amide bonds. The zero-order valence-corrected chi connectivity index (χ0v) is 14.0. The second-order valence-corrected chi connectivity index (χ2v) is 4.14. The summed E-state index contributed by atoms with van der Waals surface area (Å²) in [4.78, 5) is 0. The highest BCUT2D eigenvalue weighted by molar-refractivity contribution is 5.57. The summed E-state index contributed by atoms with van der Waals surface area (Å²) >= 11 is 0. The summed E-state index contributed by atoms with van der Waals surface area (Å²) in [6.07, 6.45) is 0. The lowest BCUT2D eigenvalue weighted by molar-refractivity contribution is 0.584. The molecule has 0 saturated carbocycles. The standard InChI is InChI=1S/C15H12N2O.2C2H6/c1-11-7-9-13(10-8-11)15-17-16-14(18-15)12-5-3-2-4-6-12;2*1-2/h2-10H,1H3;2*1-2H3. The van der Waals surface area contributed by atoms with Crippen molar-refractivity contribution in [2.24, 2.45) is 0 Å². The lowest BCUT2D eigenvalue weighted by atomic mass is 10.1. The summed E-state index contributed by atoms with van der Waals surface area (Å²) in [5, 5.41) is 8.14. The van der Waals surface area contributed by atoms with Gasteiger partial charge >= 0.3 is 0 Å². The fourth-order valence-corrected chi connectivity index (χ4v) is 1.73. The van der Waals surface area contributed by atoms with Crippen LogP contribution >= 0.6 is 0 Å². The number of hydrogen-bond acceptors (Lipinski definition) is 3. The maximum atomic E-state index is 5.67. The Hall–Kier alpha value is -2.42. The molecular formula is C19H24N2O. The van der Waals surface area contributed by atoms with Crippen molar-refractivity contribution in [3.8, 4) is 22.9 Å². The van der Waals surface area contributed by atoms with Crippen molar-refractivity contribution < 1.29 is 4.42 Å². The van der Waals surface area contributed by atoms with Crippen LogP contribution in [-0.2, 0) is 0 Å². The fraction of sp³-hybridized carbons (Fsp3) is 0.263. The van der Waals surface area contributed by atoms with Crippen LogP contribution in [0.3, 0.4) is 0 Å². The normalized spacial score (nSPS) is 9.14. The number of nitrogens with zero attached hydrogens (tertiary/aromatic N) is 2. The molecule has 0 fully saturated rings. The number of benzene rings is 2. The Morgan fingerprint density at radius 2 is 1.09 bits per heavy atom. The molecular weight excluding hydrogens is 272 g/mol. The van der Waals surface area contributed by atoms with Crippen molar-refractivity contribution in [3.05, 3.63) is 60.2 Å². The third kappa shape index (κ3) is 4.55. The van der Waals surface area contributed by atoms with E-state index in [1.165, 1.54) is 5.56 Å². The third-order valence-electron chi connectivity index (χ3n) is 2.74. The number of aromatic nitrogens is 2. The zero-order valence-electron chi connectivity index (χ0n) is 14.0. The third-order valence-corrected chi connectivity index (χ3v) is 2.74. The minimum Gasteiger partial charge on any atom is -0.416 e. The maximum absolute atomic E-state index is 5.67. The average Bonchev–Trinajstić information content (AvgIpc) is 3.10. The van der Waals surface area contributed by atoms with E-state index in [0.717, 1.165) is 11.1 Å². The molecule has 0 N–H and O–H groups in total. The largest absolute Gasteiger partial charge is 0.416 e. The molecule has 0 aliphatic carbocycles. The van der Waals surface area contributed by atoms with Gasteiger partial charge in [0.05, 0.1) is 0 Å². The van der Waals surface area contributed by atoms with Crippen molar-refractivity contribution in [2.45, 2.75) is 34.6 Å². The molecule has 3 aromatic rings.